The first-order chi connectivity index (χ1) is 11.8. The molecule has 1 unspecified atom stereocenters. The Kier molecular flexibility index (Phi) is 3.29. The van der Waals surface area contributed by atoms with E-state index in [0.717, 1.165) is 16.7 Å². The molecule has 4 rings (SSSR count). The highest BCUT2D eigenvalue weighted by Crippen LogP contribution is 2.46. The second-order valence-corrected chi connectivity index (χ2v) is 7.95. The molecule has 0 aromatic heterocycles. The summed E-state index contributed by atoms with van der Waals surface area (Å²) in [7, 11) is 0. The van der Waals surface area contributed by atoms with Gasteiger partial charge in [-0.25, -0.2) is 0 Å². The highest BCUT2D eigenvalue weighted by molar-refractivity contribution is 6.07. The molecule has 128 valence electrons. The molecule has 2 aliphatic heterocycles. The molecule has 2 aliphatic rings. The summed E-state index contributed by atoms with van der Waals surface area (Å²) in [4.78, 5) is 28.2. The van der Waals surface area contributed by atoms with E-state index in [1.807, 2.05) is 63.2 Å². The van der Waals surface area contributed by atoms with Crippen LogP contribution in [-0.4, -0.2) is 22.3 Å². The molecule has 0 bridgehead atoms. The molecule has 1 N–H and O–H groups in total. The van der Waals surface area contributed by atoms with Crippen molar-refractivity contribution in [3.8, 4) is 0 Å². The van der Waals surface area contributed by atoms with Gasteiger partial charge in [0, 0.05) is 29.6 Å². The maximum Gasteiger partial charge on any atom is 0.255 e. The number of hydrogen-bond acceptors (Lipinski definition) is 2. The van der Waals surface area contributed by atoms with Crippen LogP contribution in [0.3, 0.4) is 0 Å². The van der Waals surface area contributed by atoms with Gasteiger partial charge in [-0.2, -0.15) is 0 Å². The number of hydrogen-bond donors (Lipinski definition) is 1. The van der Waals surface area contributed by atoms with Crippen LogP contribution < -0.4 is 5.32 Å². The van der Waals surface area contributed by atoms with Gasteiger partial charge in [0.25, 0.3) is 11.8 Å². The fraction of sp³-hybridized carbons (Fsp3) is 0.333. The third-order valence-electron chi connectivity index (χ3n) is 5.07. The van der Waals surface area contributed by atoms with E-state index in [1.165, 1.54) is 0 Å². The minimum absolute atomic E-state index is 0.0610. The van der Waals surface area contributed by atoms with Gasteiger partial charge in [-0.15, -0.1) is 0 Å². The third kappa shape index (κ3) is 2.28. The van der Waals surface area contributed by atoms with Gasteiger partial charge >= 0.3 is 0 Å². The average Bonchev–Trinajstić information content (AvgIpc) is 2.82. The standard InChI is InChI=1S/C21H22N2O2/c1-20(2,3)22-19(25)21-12-14-8-4-5-9-15(14)13-23(21)18(24)16-10-6-7-11-17(16)21/h4-11H,12-13H2,1-3H3,(H,22,25). The second-order valence-electron chi connectivity index (χ2n) is 7.95. The highest BCUT2D eigenvalue weighted by atomic mass is 16.2. The fourth-order valence-electron chi connectivity index (χ4n) is 3.99. The van der Waals surface area contributed by atoms with Crippen molar-refractivity contribution < 1.29 is 9.59 Å². The van der Waals surface area contributed by atoms with Crippen LogP contribution in [0.2, 0.25) is 0 Å². The summed E-state index contributed by atoms with van der Waals surface area (Å²) >= 11 is 0. The van der Waals surface area contributed by atoms with Gasteiger partial charge in [0.15, 0.2) is 5.54 Å². The average molecular weight is 334 g/mol. The molecule has 2 aromatic carbocycles. The van der Waals surface area contributed by atoms with Gasteiger partial charge in [0.2, 0.25) is 0 Å². The Bertz CT molecular complexity index is 881. The van der Waals surface area contributed by atoms with Crippen LogP contribution >= 0.6 is 0 Å². The predicted molar refractivity (Wildman–Crippen MR) is 96.0 cm³/mol. The Labute approximate surface area is 147 Å². The monoisotopic (exact) mass is 334 g/mol. The van der Waals surface area contributed by atoms with E-state index >= 15 is 0 Å². The molecule has 4 heteroatoms. The van der Waals surface area contributed by atoms with Gasteiger partial charge in [-0.3, -0.25) is 9.59 Å². The third-order valence-corrected chi connectivity index (χ3v) is 5.07. The van der Waals surface area contributed by atoms with Crippen LogP contribution in [0.1, 0.15) is 47.8 Å². The highest BCUT2D eigenvalue weighted by Gasteiger charge is 2.57. The van der Waals surface area contributed by atoms with Crippen molar-refractivity contribution in [3.05, 3.63) is 70.8 Å². The minimum atomic E-state index is -0.963. The maximum atomic E-state index is 13.4. The van der Waals surface area contributed by atoms with Crippen molar-refractivity contribution in [2.45, 2.75) is 44.8 Å². The van der Waals surface area contributed by atoms with Crippen LogP contribution in [0.4, 0.5) is 0 Å². The van der Waals surface area contributed by atoms with Crippen LogP contribution in [0.25, 0.3) is 0 Å². The van der Waals surface area contributed by atoms with Gasteiger partial charge in [-0.05, 0) is 38.0 Å². The van der Waals surface area contributed by atoms with Crippen molar-refractivity contribution in [2.75, 3.05) is 0 Å². The zero-order valence-electron chi connectivity index (χ0n) is 14.8. The molecule has 0 radical (unpaired) electrons. The smallest absolute Gasteiger partial charge is 0.255 e. The van der Waals surface area contributed by atoms with E-state index in [0.29, 0.717) is 18.5 Å². The van der Waals surface area contributed by atoms with E-state index in [2.05, 4.69) is 11.4 Å². The fourth-order valence-corrected chi connectivity index (χ4v) is 3.99. The molecule has 0 saturated carbocycles. The number of amides is 2. The summed E-state index contributed by atoms with van der Waals surface area (Å²) in [6.45, 7) is 6.35. The van der Waals surface area contributed by atoms with Crippen LogP contribution in [-0.2, 0) is 23.3 Å². The summed E-state index contributed by atoms with van der Waals surface area (Å²) < 4.78 is 0. The number of fused-ring (bicyclic) bond motifs is 4. The molecule has 2 heterocycles. The van der Waals surface area contributed by atoms with Crippen molar-refractivity contribution in [3.63, 3.8) is 0 Å². The lowest BCUT2D eigenvalue weighted by atomic mass is 9.78. The SMILES string of the molecule is CC(C)(C)NC(=O)C12Cc3ccccc3CN1C(=O)c1ccccc12. The molecule has 1 atom stereocenters. The van der Waals surface area contributed by atoms with Gasteiger partial charge in [0.1, 0.15) is 0 Å². The summed E-state index contributed by atoms with van der Waals surface area (Å²) in [5.74, 6) is -0.165. The molecule has 0 fully saturated rings. The summed E-state index contributed by atoms with van der Waals surface area (Å²) in [5.41, 5.74) is 2.37. The number of nitrogens with zero attached hydrogens (tertiary/aromatic N) is 1. The summed E-state index contributed by atoms with van der Waals surface area (Å²) in [5, 5.41) is 3.11. The van der Waals surface area contributed by atoms with E-state index < -0.39 is 5.54 Å². The molecule has 0 aliphatic carbocycles. The largest absolute Gasteiger partial charge is 0.349 e. The van der Waals surface area contributed by atoms with E-state index in [-0.39, 0.29) is 17.4 Å². The first-order valence-corrected chi connectivity index (χ1v) is 8.64. The quantitative estimate of drug-likeness (QED) is 0.871. The van der Waals surface area contributed by atoms with Crippen molar-refractivity contribution in [2.24, 2.45) is 0 Å². The van der Waals surface area contributed by atoms with Crippen LogP contribution in [0.15, 0.2) is 48.5 Å². The normalized spacial score (nSPS) is 21.4. The lowest BCUT2D eigenvalue weighted by Gasteiger charge is -2.43. The summed E-state index contributed by atoms with van der Waals surface area (Å²) in [6, 6.07) is 15.6. The Morgan fingerprint density at radius 1 is 1.04 bits per heavy atom. The van der Waals surface area contributed by atoms with Crippen molar-refractivity contribution in [1.82, 2.24) is 10.2 Å². The molecule has 0 saturated heterocycles. The minimum Gasteiger partial charge on any atom is -0.349 e. The Morgan fingerprint density at radius 2 is 1.68 bits per heavy atom. The first-order valence-electron chi connectivity index (χ1n) is 8.64. The van der Waals surface area contributed by atoms with E-state index in [9.17, 15) is 9.59 Å². The summed E-state index contributed by atoms with van der Waals surface area (Å²) in [6.07, 6.45) is 0.508. The lowest BCUT2D eigenvalue weighted by Crippen LogP contribution is -2.60. The number of nitrogens with one attached hydrogen (secondary N) is 1. The van der Waals surface area contributed by atoms with Gasteiger partial charge < -0.3 is 10.2 Å². The first kappa shape index (κ1) is 15.9. The molecule has 0 spiro atoms. The number of rotatable bonds is 1. The predicted octanol–water partition coefficient (Wildman–Crippen LogP) is 3.01. The van der Waals surface area contributed by atoms with E-state index in [1.54, 1.807) is 4.90 Å². The van der Waals surface area contributed by atoms with Gasteiger partial charge in [-0.1, -0.05) is 42.5 Å². The number of carbonyl (C=O) groups is 2. The van der Waals surface area contributed by atoms with E-state index in [4.69, 9.17) is 0 Å². The zero-order valence-corrected chi connectivity index (χ0v) is 14.8. The topological polar surface area (TPSA) is 49.4 Å². The Hall–Kier alpha value is -2.62. The Balaban J connectivity index is 1.92. The molecule has 2 aromatic rings. The maximum absolute atomic E-state index is 13.4. The van der Waals surface area contributed by atoms with Crippen molar-refractivity contribution in [1.29, 1.82) is 0 Å². The molecular weight excluding hydrogens is 312 g/mol. The van der Waals surface area contributed by atoms with Crippen LogP contribution in [0.5, 0.6) is 0 Å². The van der Waals surface area contributed by atoms with Gasteiger partial charge in [0.05, 0.1) is 0 Å². The Morgan fingerprint density at radius 3 is 2.40 bits per heavy atom. The lowest BCUT2D eigenvalue weighted by molar-refractivity contribution is -0.134. The second kappa shape index (κ2) is 5.19. The number of carbonyl (C=O) groups excluding carboxylic acids is 2. The molecular formula is C21H22N2O2. The van der Waals surface area contributed by atoms with Crippen molar-refractivity contribution >= 4 is 11.8 Å². The van der Waals surface area contributed by atoms with Crippen LogP contribution in [0, 0.1) is 0 Å². The zero-order chi connectivity index (χ0) is 17.8. The molecule has 2 amide bonds. The molecule has 4 nitrogen and oxygen atoms in total. The number of benzene rings is 2. The molecule has 25 heavy (non-hydrogen) atoms.